The second kappa shape index (κ2) is 11.0. The van der Waals surface area contributed by atoms with Crippen molar-refractivity contribution in [1.82, 2.24) is 10.2 Å². The Morgan fingerprint density at radius 2 is 1.44 bits per heavy atom. The highest BCUT2D eigenvalue weighted by molar-refractivity contribution is 8.00. The van der Waals surface area contributed by atoms with E-state index in [0.717, 1.165) is 22.3 Å². The Balaban J connectivity index is 1.32. The summed E-state index contributed by atoms with van der Waals surface area (Å²) in [5.41, 5.74) is 4.65. The zero-order chi connectivity index (χ0) is 24.9. The largest absolute Gasteiger partial charge is 0.341 e. The van der Waals surface area contributed by atoms with E-state index in [-0.39, 0.29) is 23.2 Å². The number of halogens is 1. The number of benzene rings is 4. The molecule has 4 aromatic rings. The summed E-state index contributed by atoms with van der Waals surface area (Å²) >= 11 is 7.61. The van der Waals surface area contributed by atoms with Crippen LogP contribution < -0.4 is 5.32 Å². The molecule has 0 saturated carbocycles. The Kier molecular flexibility index (Phi) is 7.40. The first-order valence-corrected chi connectivity index (χ1v) is 13.2. The van der Waals surface area contributed by atoms with E-state index in [4.69, 9.17) is 11.6 Å². The van der Waals surface area contributed by atoms with Gasteiger partial charge in [0.25, 0.3) is 5.91 Å². The highest BCUT2D eigenvalue weighted by Crippen LogP contribution is 2.39. The van der Waals surface area contributed by atoms with Crippen molar-refractivity contribution in [2.45, 2.75) is 18.0 Å². The molecule has 1 fully saturated rings. The van der Waals surface area contributed by atoms with Crippen molar-refractivity contribution in [2.24, 2.45) is 0 Å². The minimum absolute atomic E-state index is 0.0910. The van der Waals surface area contributed by atoms with Gasteiger partial charge in [0, 0.05) is 17.1 Å². The molecule has 1 N–H and O–H groups in total. The molecule has 1 aliphatic heterocycles. The van der Waals surface area contributed by atoms with Gasteiger partial charge in [-0.3, -0.25) is 9.59 Å². The zero-order valence-corrected chi connectivity index (χ0v) is 21.1. The predicted molar refractivity (Wildman–Crippen MR) is 146 cm³/mol. The van der Waals surface area contributed by atoms with Gasteiger partial charge >= 0.3 is 0 Å². The van der Waals surface area contributed by atoms with Gasteiger partial charge in [-0.25, -0.2) is 0 Å². The molecule has 4 nitrogen and oxygen atoms in total. The molecule has 0 unspecified atom stereocenters. The molecule has 0 bridgehead atoms. The maximum Gasteiger partial charge on any atom is 0.252 e. The van der Waals surface area contributed by atoms with E-state index in [2.05, 4.69) is 5.32 Å². The van der Waals surface area contributed by atoms with Crippen LogP contribution in [-0.2, 0) is 11.3 Å². The van der Waals surface area contributed by atoms with Crippen LogP contribution in [0.1, 0.15) is 44.0 Å². The lowest BCUT2D eigenvalue weighted by atomic mass is 9.98. The molecular formula is C30H25ClN2O2S. The molecule has 1 atom stereocenters. The van der Waals surface area contributed by atoms with E-state index < -0.39 is 0 Å². The standard InChI is InChI=1S/C30H25ClN2O2S/c31-26-17-11-21(12-18-26)19-33-27(34)20-36-30(33)25-15-13-24(14-16-25)29(35)32-28(22-7-3-1-4-8-22)23-9-5-2-6-10-23/h1-18,28,30H,19-20H2,(H,32,35)/t30-/m1/s1. The molecule has 0 aromatic heterocycles. The molecule has 1 aliphatic rings. The number of amides is 2. The fraction of sp³-hybridized carbons (Fsp3) is 0.133. The minimum atomic E-state index is -0.252. The van der Waals surface area contributed by atoms with Crippen LogP contribution in [0.5, 0.6) is 0 Å². The van der Waals surface area contributed by atoms with Gasteiger partial charge in [-0.2, -0.15) is 0 Å². The van der Waals surface area contributed by atoms with Crippen LogP contribution in [0, 0.1) is 0 Å². The van der Waals surface area contributed by atoms with Crippen LogP contribution in [0.15, 0.2) is 109 Å². The van der Waals surface area contributed by atoms with E-state index in [9.17, 15) is 9.59 Å². The van der Waals surface area contributed by atoms with Crippen LogP contribution in [0.2, 0.25) is 5.02 Å². The third kappa shape index (κ3) is 5.48. The predicted octanol–water partition coefficient (Wildman–Crippen LogP) is 6.63. The average Bonchev–Trinajstić information content (AvgIpc) is 3.29. The second-order valence-electron chi connectivity index (χ2n) is 8.66. The summed E-state index contributed by atoms with van der Waals surface area (Å²) in [6, 6.07) is 34.8. The van der Waals surface area contributed by atoms with Crippen LogP contribution >= 0.6 is 23.4 Å². The molecule has 6 heteroatoms. The fourth-order valence-corrected chi connectivity index (χ4v) is 5.67. The quantitative estimate of drug-likeness (QED) is 0.302. The van der Waals surface area contributed by atoms with Gasteiger partial charge < -0.3 is 10.2 Å². The Morgan fingerprint density at radius 3 is 2.03 bits per heavy atom. The van der Waals surface area contributed by atoms with Crippen molar-refractivity contribution < 1.29 is 9.59 Å². The van der Waals surface area contributed by atoms with Crippen molar-refractivity contribution in [3.8, 4) is 0 Å². The summed E-state index contributed by atoms with van der Waals surface area (Å²) in [5.74, 6) is 0.402. The van der Waals surface area contributed by atoms with Gasteiger partial charge in [-0.05, 0) is 46.5 Å². The summed E-state index contributed by atoms with van der Waals surface area (Å²) in [6.07, 6.45) is 0. The first-order chi connectivity index (χ1) is 17.6. The number of carbonyl (C=O) groups is 2. The number of thioether (sulfide) groups is 1. The number of hydrogen-bond acceptors (Lipinski definition) is 3. The molecule has 180 valence electrons. The average molecular weight is 513 g/mol. The van der Waals surface area contributed by atoms with Gasteiger partial charge in [-0.1, -0.05) is 96.5 Å². The lowest BCUT2D eigenvalue weighted by Crippen LogP contribution is -2.29. The lowest BCUT2D eigenvalue weighted by Gasteiger charge is -2.25. The van der Waals surface area contributed by atoms with Crippen molar-refractivity contribution in [3.63, 3.8) is 0 Å². The van der Waals surface area contributed by atoms with E-state index in [1.165, 1.54) is 0 Å². The van der Waals surface area contributed by atoms with E-state index in [1.807, 2.05) is 114 Å². The van der Waals surface area contributed by atoms with Crippen LogP contribution in [0.4, 0.5) is 0 Å². The monoisotopic (exact) mass is 512 g/mol. The Labute approximate surface area is 220 Å². The normalized spacial score (nSPS) is 15.3. The molecule has 36 heavy (non-hydrogen) atoms. The van der Waals surface area contributed by atoms with Crippen LogP contribution in [0.3, 0.4) is 0 Å². The van der Waals surface area contributed by atoms with E-state index in [0.29, 0.717) is 22.9 Å². The summed E-state index contributed by atoms with van der Waals surface area (Å²) in [4.78, 5) is 27.7. The number of hydrogen-bond donors (Lipinski definition) is 1. The molecule has 4 aromatic carbocycles. The maximum absolute atomic E-state index is 13.2. The molecule has 5 rings (SSSR count). The SMILES string of the molecule is O=C(NC(c1ccccc1)c1ccccc1)c1ccc([C@H]2SCC(=O)N2Cc2ccc(Cl)cc2)cc1. The van der Waals surface area contributed by atoms with Crippen molar-refractivity contribution in [2.75, 3.05) is 5.75 Å². The Bertz CT molecular complexity index is 1290. The topological polar surface area (TPSA) is 49.4 Å². The number of rotatable bonds is 7. The summed E-state index contributed by atoms with van der Waals surface area (Å²) in [6.45, 7) is 0.520. The molecular weight excluding hydrogens is 488 g/mol. The van der Waals surface area contributed by atoms with Crippen LogP contribution in [0.25, 0.3) is 0 Å². The summed E-state index contributed by atoms with van der Waals surface area (Å²) in [7, 11) is 0. The Hall–Kier alpha value is -3.54. The van der Waals surface area contributed by atoms with Gasteiger partial charge in [-0.15, -0.1) is 11.8 Å². The number of nitrogens with zero attached hydrogens (tertiary/aromatic N) is 1. The minimum Gasteiger partial charge on any atom is -0.341 e. The molecule has 1 heterocycles. The fourth-order valence-electron chi connectivity index (χ4n) is 4.35. The second-order valence-corrected chi connectivity index (χ2v) is 10.2. The van der Waals surface area contributed by atoms with Crippen LogP contribution in [-0.4, -0.2) is 22.5 Å². The van der Waals surface area contributed by atoms with Gasteiger partial charge in [0.15, 0.2) is 0 Å². The molecule has 0 spiro atoms. The van der Waals surface area contributed by atoms with Crippen molar-refractivity contribution in [1.29, 1.82) is 0 Å². The van der Waals surface area contributed by atoms with Crippen molar-refractivity contribution in [3.05, 3.63) is 142 Å². The molecule has 1 saturated heterocycles. The summed E-state index contributed by atoms with van der Waals surface area (Å²) < 4.78 is 0. The first-order valence-electron chi connectivity index (χ1n) is 11.7. The van der Waals surface area contributed by atoms with Gasteiger partial charge in [0.1, 0.15) is 5.37 Å². The smallest absolute Gasteiger partial charge is 0.252 e. The third-order valence-electron chi connectivity index (χ3n) is 6.23. The number of nitrogens with one attached hydrogen (secondary N) is 1. The third-order valence-corrected chi connectivity index (χ3v) is 7.74. The number of carbonyl (C=O) groups excluding carboxylic acids is 2. The van der Waals surface area contributed by atoms with Gasteiger partial charge in [0.2, 0.25) is 5.91 Å². The zero-order valence-electron chi connectivity index (χ0n) is 19.5. The lowest BCUT2D eigenvalue weighted by molar-refractivity contribution is -0.128. The highest BCUT2D eigenvalue weighted by atomic mass is 35.5. The van der Waals surface area contributed by atoms with Crippen molar-refractivity contribution >= 4 is 35.2 Å². The van der Waals surface area contributed by atoms with E-state index >= 15 is 0 Å². The molecule has 0 radical (unpaired) electrons. The summed E-state index contributed by atoms with van der Waals surface area (Å²) in [5, 5.41) is 3.77. The molecule has 0 aliphatic carbocycles. The highest BCUT2D eigenvalue weighted by Gasteiger charge is 2.32. The van der Waals surface area contributed by atoms with E-state index in [1.54, 1.807) is 11.8 Å². The maximum atomic E-state index is 13.2. The molecule has 2 amide bonds. The first kappa shape index (κ1) is 24.2. The van der Waals surface area contributed by atoms with Gasteiger partial charge in [0.05, 0.1) is 11.8 Å². The Morgan fingerprint density at radius 1 is 0.861 bits per heavy atom.